The second-order valence-electron chi connectivity index (χ2n) is 4.44. The fraction of sp³-hybridized carbons (Fsp3) is 0.462. The lowest BCUT2D eigenvalue weighted by Gasteiger charge is -2.24. The van der Waals surface area contributed by atoms with Crippen molar-refractivity contribution in [3.8, 4) is 0 Å². The van der Waals surface area contributed by atoms with Crippen LogP contribution in [0.4, 0.5) is 0 Å². The molecule has 0 aliphatic heterocycles. The molecule has 1 atom stereocenters. The molecule has 1 amide bonds. The van der Waals surface area contributed by atoms with Crippen molar-refractivity contribution < 1.29 is 10.0 Å². The normalized spacial score (nSPS) is 13.1. The van der Waals surface area contributed by atoms with Gasteiger partial charge in [0, 0.05) is 25.2 Å². The molecule has 6 heteroatoms. The third-order valence-electron chi connectivity index (χ3n) is 3.00. The summed E-state index contributed by atoms with van der Waals surface area (Å²) >= 11 is 0. The summed E-state index contributed by atoms with van der Waals surface area (Å²) in [5, 5.41) is 11.6. The second-order valence-corrected chi connectivity index (χ2v) is 4.44. The van der Waals surface area contributed by atoms with E-state index < -0.39 is 0 Å². The Balaban J connectivity index is 2.86. The van der Waals surface area contributed by atoms with Crippen LogP contribution < -0.4 is 5.73 Å². The van der Waals surface area contributed by atoms with Gasteiger partial charge < -0.3 is 15.8 Å². The molecule has 1 rings (SSSR count). The summed E-state index contributed by atoms with van der Waals surface area (Å²) in [7, 11) is 0. The first-order valence-corrected chi connectivity index (χ1v) is 6.19. The van der Waals surface area contributed by atoms with Gasteiger partial charge in [0.05, 0.1) is 0 Å². The summed E-state index contributed by atoms with van der Waals surface area (Å²) in [4.78, 5) is 18.1. The number of aryl methyl sites for hydroxylation is 1. The van der Waals surface area contributed by atoms with Crippen LogP contribution in [0.3, 0.4) is 0 Å². The molecule has 0 aliphatic carbocycles. The smallest absolute Gasteiger partial charge is 0.272 e. The van der Waals surface area contributed by atoms with Crippen LogP contribution >= 0.6 is 0 Å². The van der Waals surface area contributed by atoms with Gasteiger partial charge in [0.15, 0.2) is 0 Å². The summed E-state index contributed by atoms with van der Waals surface area (Å²) in [6.07, 6.45) is 1.60. The van der Waals surface area contributed by atoms with E-state index in [1.165, 1.54) is 0 Å². The summed E-state index contributed by atoms with van der Waals surface area (Å²) in [6.45, 7) is 6.46. The first kappa shape index (κ1) is 14.9. The quantitative estimate of drug-likeness (QED) is 0.362. The molecule has 0 spiro atoms. The Bertz CT molecular complexity index is 473. The summed E-state index contributed by atoms with van der Waals surface area (Å²) in [6, 6.07) is 3.64. The molecule has 0 fully saturated rings. The maximum absolute atomic E-state index is 12.4. The van der Waals surface area contributed by atoms with Crippen molar-refractivity contribution >= 4 is 11.7 Å². The number of oxime groups is 1. The molecule has 0 saturated carbocycles. The van der Waals surface area contributed by atoms with Crippen LogP contribution in [0.5, 0.6) is 0 Å². The maximum atomic E-state index is 12.4. The molecule has 0 aromatic carbocycles. The molecule has 19 heavy (non-hydrogen) atoms. The van der Waals surface area contributed by atoms with Gasteiger partial charge in [-0.1, -0.05) is 18.1 Å². The number of rotatable bonds is 5. The van der Waals surface area contributed by atoms with Crippen LogP contribution in [0.25, 0.3) is 0 Å². The van der Waals surface area contributed by atoms with Crippen molar-refractivity contribution in [2.45, 2.75) is 20.8 Å². The Labute approximate surface area is 112 Å². The Morgan fingerprint density at radius 3 is 2.84 bits per heavy atom. The topological polar surface area (TPSA) is 91.8 Å². The van der Waals surface area contributed by atoms with Crippen LogP contribution in [0.1, 0.15) is 29.9 Å². The maximum Gasteiger partial charge on any atom is 0.272 e. The van der Waals surface area contributed by atoms with Crippen molar-refractivity contribution in [1.82, 2.24) is 9.88 Å². The largest absolute Gasteiger partial charge is 0.409 e. The molecular formula is C13H20N4O2. The Hall–Kier alpha value is -2.11. The highest BCUT2D eigenvalue weighted by atomic mass is 16.4. The third-order valence-corrected chi connectivity index (χ3v) is 3.00. The molecule has 3 N–H and O–H groups in total. The van der Waals surface area contributed by atoms with Crippen LogP contribution in [0, 0.1) is 12.8 Å². The standard InChI is InChI=1S/C13H20N4O2/c1-4-17(8-10(3)12(14)16-19)13(18)11-9(2)6-5-7-15-11/h5-7,10,19H,4,8H2,1-3H3,(H2,14,16). The minimum absolute atomic E-state index is 0.115. The van der Waals surface area contributed by atoms with Gasteiger partial charge in [0.2, 0.25) is 0 Å². The highest BCUT2D eigenvalue weighted by Crippen LogP contribution is 2.09. The lowest BCUT2D eigenvalue weighted by atomic mass is 10.1. The van der Waals surface area contributed by atoms with Gasteiger partial charge in [0.25, 0.3) is 5.91 Å². The molecule has 6 nitrogen and oxygen atoms in total. The number of hydrogen-bond acceptors (Lipinski definition) is 4. The van der Waals surface area contributed by atoms with Crippen molar-refractivity contribution in [3.05, 3.63) is 29.6 Å². The lowest BCUT2D eigenvalue weighted by molar-refractivity contribution is 0.0747. The van der Waals surface area contributed by atoms with E-state index in [-0.39, 0.29) is 17.7 Å². The minimum atomic E-state index is -0.210. The second kappa shape index (κ2) is 6.72. The van der Waals surface area contributed by atoms with Crippen LogP contribution in [-0.4, -0.2) is 39.9 Å². The molecule has 0 saturated heterocycles. The van der Waals surface area contributed by atoms with Gasteiger partial charge in [-0.2, -0.15) is 0 Å². The van der Waals surface area contributed by atoms with E-state index in [9.17, 15) is 4.79 Å². The Morgan fingerprint density at radius 2 is 2.32 bits per heavy atom. The highest BCUT2D eigenvalue weighted by Gasteiger charge is 2.20. The lowest BCUT2D eigenvalue weighted by Crippen LogP contribution is -2.39. The third kappa shape index (κ3) is 3.67. The summed E-state index contributed by atoms with van der Waals surface area (Å²) < 4.78 is 0. The number of pyridine rings is 1. The van der Waals surface area contributed by atoms with E-state index >= 15 is 0 Å². The molecular weight excluding hydrogens is 244 g/mol. The zero-order valence-corrected chi connectivity index (χ0v) is 11.5. The van der Waals surface area contributed by atoms with Crippen LogP contribution in [-0.2, 0) is 0 Å². The van der Waals surface area contributed by atoms with Crippen molar-refractivity contribution in [1.29, 1.82) is 0 Å². The molecule has 1 aromatic rings. The predicted molar refractivity (Wildman–Crippen MR) is 73.1 cm³/mol. The van der Waals surface area contributed by atoms with E-state index in [2.05, 4.69) is 10.1 Å². The van der Waals surface area contributed by atoms with Gasteiger partial charge in [-0.05, 0) is 25.5 Å². The molecule has 0 radical (unpaired) electrons. The minimum Gasteiger partial charge on any atom is -0.409 e. The molecule has 0 bridgehead atoms. The van der Waals surface area contributed by atoms with Crippen molar-refractivity contribution in [2.24, 2.45) is 16.8 Å². The SMILES string of the molecule is CCN(CC(C)C(N)=NO)C(=O)c1ncccc1C. The Morgan fingerprint density at radius 1 is 1.63 bits per heavy atom. The van der Waals surface area contributed by atoms with Crippen LogP contribution in [0.2, 0.25) is 0 Å². The van der Waals surface area contributed by atoms with Gasteiger partial charge in [-0.15, -0.1) is 0 Å². The molecule has 1 unspecified atom stereocenters. The molecule has 0 aliphatic rings. The first-order valence-electron chi connectivity index (χ1n) is 6.19. The average molecular weight is 264 g/mol. The number of carbonyl (C=O) groups is 1. The van der Waals surface area contributed by atoms with E-state index in [1.807, 2.05) is 19.9 Å². The average Bonchev–Trinajstić information content (AvgIpc) is 2.43. The number of aromatic nitrogens is 1. The molecule has 104 valence electrons. The van der Waals surface area contributed by atoms with E-state index in [0.717, 1.165) is 5.56 Å². The number of carbonyl (C=O) groups excluding carboxylic acids is 1. The predicted octanol–water partition coefficient (Wildman–Crippen LogP) is 1.23. The zero-order chi connectivity index (χ0) is 14.4. The van der Waals surface area contributed by atoms with E-state index in [0.29, 0.717) is 18.8 Å². The summed E-state index contributed by atoms with van der Waals surface area (Å²) in [5.74, 6) is -0.236. The van der Waals surface area contributed by atoms with Crippen molar-refractivity contribution in [2.75, 3.05) is 13.1 Å². The van der Waals surface area contributed by atoms with Gasteiger partial charge in [-0.25, -0.2) is 0 Å². The Kier molecular flexibility index (Phi) is 5.29. The molecule has 1 aromatic heterocycles. The van der Waals surface area contributed by atoms with Gasteiger partial charge in [0.1, 0.15) is 11.5 Å². The number of nitrogens with two attached hydrogens (primary N) is 1. The number of nitrogens with zero attached hydrogens (tertiary/aromatic N) is 3. The van der Waals surface area contributed by atoms with Crippen molar-refractivity contribution in [3.63, 3.8) is 0 Å². The first-order chi connectivity index (χ1) is 9.01. The molecule has 1 heterocycles. The monoisotopic (exact) mass is 264 g/mol. The van der Waals surface area contributed by atoms with Gasteiger partial charge in [-0.3, -0.25) is 9.78 Å². The summed E-state index contributed by atoms with van der Waals surface area (Å²) in [5.41, 5.74) is 6.81. The van der Waals surface area contributed by atoms with Gasteiger partial charge >= 0.3 is 0 Å². The number of amidine groups is 1. The fourth-order valence-electron chi connectivity index (χ4n) is 1.74. The number of amides is 1. The highest BCUT2D eigenvalue weighted by molar-refractivity contribution is 5.94. The van der Waals surface area contributed by atoms with Crippen LogP contribution in [0.15, 0.2) is 23.5 Å². The fourth-order valence-corrected chi connectivity index (χ4v) is 1.74. The zero-order valence-electron chi connectivity index (χ0n) is 11.5. The van der Waals surface area contributed by atoms with E-state index in [4.69, 9.17) is 10.9 Å². The number of hydrogen-bond donors (Lipinski definition) is 2. The van der Waals surface area contributed by atoms with E-state index in [1.54, 1.807) is 24.1 Å².